The summed E-state index contributed by atoms with van der Waals surface area (Å²) in [5.74, 6) is -0.489. The monoisotopic (exact) mass is 482 g/mol. The molecule has 0 amide bonds. The number of carbonyl (C=O) groups excluding carboxylic acids is 1. The van der Waals surface area contributed by atoms with Crippen molar-refractivity contribution in [1.29, 1.82) is 0 Å². The number of aliphatic hydroxyl groups is 2. The maximum absolute atomic E-state index is 12.4. The van der Waals surface area contributed by atoms with Gasteiger partial charge in [-0.3, -0.25) is 19.1 Å². The number of esters is 1. The summed E-state index contributed by atoms with van der Waals surface area (Å²) < 4.78 is 12.0. The molecular weight excluding hydrogens is 440 g/mol. The number of hydrogen-bond donors (Lipinski definition) is 3. The fourth-order valence-electron chi connectivity index (χ4n) is 4.35. The van der Waals surface area contributed by atoms with E-state index in [1.54, 1.807) is 0 Å². The van der Waals surface area contributed by atoms with Crippen molar-refractivity contribution in [3.05, 3.63) is 33.1 Å². The molecule has 1 aromatic rings. The maximum atomic E-state index is 12.4. The molecule has 4 atom stereocenters. The van der Waals surface area contributed by atoms with Gasteiger partial charge in [0, 0.05) is 18.7 Å². The first kappa shape index (κ1) is 28.3. The Kier molecular flexibility index (Phi) is 13.2. The number of aromatic nitrogens is 2. The average Bonchev–Trinajstić information content (AvgIpc) is 3.12. The lowest BCUT2D eigenvalue weighted by Gasteiger charge is -2.22. The second-order valence-electron chi connectivity index (χ2n) is 9.20. The molecule has 34 heavy (non-hydrogen) atoms. The van der Waals surface area contributed by atoms with Crippen LogP contribution in [0.25, 0.3) is 0 Å². The number of ether oxygens (including phenoxy) is 2. The van der Waals surface area contributed by atoms with Crippen LogP contribution in [0.4, 0.5) is 0 Å². The van der Waals surface area contributed by atoms with E-state index in [2.05, 4.69) is 11.9 Å². The predicted molar refractivity (Wildman–Crippen MR) is 129 cm³/mol. The molecule has 0 unspecified atom stereocenters. The van der Waals surface area contributed by atoms with Crippen molar-refractivity contribution in [2.45, 2.75) is 121 Å². The summed E-state index contributed by atoms with van der Waals surface area (Å²) in [6.45, 7) is 1.74. The quantitative estimate of drug-likeness (QED) is 0.230. The van der Waals surface area contributed by atoms with Crippen molar-refractivity contribution in [2.75, 3.05) is 6.61 Å². The van der Waals surface area contributed by atoms with E-state index in [1.807, 2.05) is 0 Å². The van der Waals surface area contributed by atoms with E-state index in [0.29, 0.717) is 6.42 Å². The van der Waals surface area contributed by atoms with Crippen LogP contribution in [-0.2, 0) is 14.3 Å². The molecule has 0 saturated carbocycles. The van der Waals surface area contributed by atoms with Crippen LogP contribution in [0.1, 0.15) is 103 Å². The summed E-state index contributed by atoms with van der Waals surface area (Å²) in [6.07, 6.45) is 12.5. The van der Waals surface area contributed by atoms with Crippen molar-refractivity contribution in [3.63, 3.8) is 0 Å². The maximum Gasteiger partial charge on any atom is 0.330 e. The molecule has 0 bridgehead atoms. The van der Waals surface area contributed by atoms with E-state index in [4.69, 9.17) is 9.47 Å². The third-order valence-electron chi connectivity index (χ3n) is 6.37. The Labute approximate surface area is 201 Å². The summed E-state index contributed by atoms with van der Waals surface area (Å²) in [4.78, 5) is 37.9. The van der Waals surface area contributed by atoms with Gasteiger partial charge in [0.2, 0.25) is 0 Å². The van der Waals surface area contributed by atoms with E-state index in [1.165, 1.54) is 64.0 Å². The summed E-state index contributed by atoms with van der Waals surface area (Å²) in [5, 5.41) is 19.8. The van der Waals surface area contributed by atoms with Crippen LogP contribution in [-0.4, -0.2) is 50.7 Å². The number of unbranched alkanes of at least 4 members (excludes halogenated alkanes) is 12. The first-order valence-corrected chi connectivity index (χ1v) is 12.9. The molecule has 9 nitrogen and oxygen atoms in total. The molecule has 0 radical (unpaired) electrons. The van der Waals surface area contributed by atoms with Crippen LogP contribution < -0.4 is 11.2 Å². The van der Waals surface area contributed by atoms with Crippen LogP contribution in [0.2, 0.25) is 0 Å². The average molecular weight is 483 g/mol. The van der Waals surface area contributed by atoms with Crippen LogP contribution in [0, 0.1) is 0 Å². The van der Waals surface area contributed by atoms with Gasteiger partial charge in [0.1, 0.15) is 12.2 Å². The lowest BCUT2D eigenvalue weighted by Crippen LogP contribution is -2.40. The molecule has 1 saturated heterocycles. The van der Waals surface area contributed by atoms with Gasteiger partial charge in [-0.25, -0.2) is 4.79 Å². The van der Waals surface area contributed by atoms with E-state index in [0.717, 1.165) is 29.9 Å². The summed E-state index contributed by atoms with van der Waals surface area (Å²) in [5.41, 5.74) is -1.32. The molecule has 1 aliphatic rings. The second-order valence-corrected chi connectivity index (χ2v) is 9.20. The normalized spacial score (nSPS) is 22.2. The first-order valence-electron chi connectivity index (χ1n) is 12.9. The van der Waals surface area contributed by atoms with Gasteiger partial charge in [0.25, 0.3) is 5.56 Å². The molecule has 9 heteroatoms. The minimum atomic E-state index is -1.29. The number of nitrogens with one attached hydrogen (secondary N) is 1. The fourth-order valence-corrected chi connectivity index (χ4v) is 4.35. The molecule has 1 fully saturated rings. The molecule has 3 N–H and O–H groups in total. The van der Waals surface area contributed by atoms with Gasteiger partial charge < -0.3 is 19.7 Å². The van der Waals surface area contributed by atoms with Crippen molar-refractivity contribution >= 4 is 5.97 Å². The van der Waals surface area contributed by atoms with Crippen molar-refractivity contribution in [1.82, 2.24) is 9.55 Å². The van der Waals surface area contributed by atoms with E-state index < -0.39 is 48.4 Å². The van der Waals surface area contributed by atoms with Crippen LogP contribution in [0.15, 0.2) is 21.9 Å². The number of rotatable bonds is 17. The van der Waals surface area contributed by atoms with E-state index in [9.17, 15) is 24.6 Å². The van der Waals surface area contributed by atoms with Gasteiger partial charge >= 0.3 is 11.7 Å². The molecule has 2 heterocycles. The number of aliphatic hydroxyl groups excluding tert-OH is 2. The minimum Gasteiger partial charge on any atom is -0.455 e. The van der Waals surface area contributed by atoms with Gasteiger partial charge in [-0.15, -0.1) is 0 Å². The molecule has 0 spiro atoms. The highest BCUT2D eigenvalue weighted by molar-refractivity contribution is 5.69. The zero-order valence-corrected chi connectivity index (χ0v) is 20.5. The smallest absolute Gasteiger partial charge is 0.330 e. The van der Waals surface area contributed by atoms with Gasteiger partial charge in [-0.2, -0.15) is 0 Å². The molecular formula is C25H42N2O7. The number of hydrogen-bond acceptors (Lipinski definition) is 7. The Morgan fingerprint density at radius 3 is 2.09 bits per heavy atom. The molecule has 0 aliphatic carbocycles. The topological polar surface area (TPSA) is 131 Å². The third kappa shape index (κ3) is 9.35. The van der Waals surface area contributed by atoms with Gasteiger partial charge in [0.05, 0.1) is 6.61 Å². The summed E-state index contributed by atoms with van der Waals surface area (Å²) >= 11 is 0. The Bertz CT molecular complexity index is 822. The molecule has 2 rings (SSSR count). The second kappa shape index (κ2) is 15.8. The van der Waals surface area contributed by atoms with E-state index in [-0.39, 0.29) is 6.42 Å². The number of nitrogens with zero attached hydrogens (tertiary/aromatic N) is 1. The summed E-state index contributed by atoms with van der Waals surface area (Å²) in [6, 6.07) is 1.13. The zero-order valence-electron chi connectivity index (χ0n) is 20.5. The highest BCUT2D eigenvalue weighted by atomic mass is 16.6. The Morgan fingerprint density at radius 1 is 1.00 bits per heavy atom. The van der Waals surface area contributed by atoms with Crippen LogP contribution in [0.3, 0.4) is 0 Å². The SMILES string of the molecule is CCCCCCCCCCCCCCCC(=O)O[C@@H]1[C@H](O)[C@@H](CO)O[C@H]1n1ccc(=O)[nH]c1=O. The van der Waals surface area contributed by atoms with Crippen molar-refractivity contribution in [3.8, 4) is 0 Å². The van der Waals surface area contributed by atoms with Gasteiger partial charge in [-0.1, -0.05) is 84.0 Å². The number of aromatic amines is 1. The molecule has 1 aromatic heterocycles. The van der Waals surface area contributed by atoms with Crippen LogP contribution >= 0.6 is 0 Å². The van der Waals surface area contributed by atoms with Gasteiger partial charge in [-0.05, 0) is 6.42 Å². The highest BCUT2D eigenvalue weighted by Crippen LogP contribution is 2.31. The fraction of sp³-hybridized carbons (Fsp3) is 0.800. The number of carbonyl (C=O) groups is 1. The van der Waals surface area contributed by atoms with Crippen molar-refractivity contribution < 1.29 is 24.5 Å². The highest BCUT2D eigenvalue weighted by Gasteiger charge is 2.47. The Balaban J connectivity index is 1.65. The predicted octanol–water partition coefficient (Wildman–Crippen LogP) is 3.18. The van der Waals surface area contributed by atoms with Gasteiger partial charge in [0.15, 0.2) is 12.3 Å². The Morgan fingerprint density at radius 2 is 1.56 bits per heavy atom. The summed E-state index contributed by atoms with van der Waals surface area (Å²) in [7, 11) is 0. The van der Waals surface area contributed by atoms with Crippen LogP contribution in [0.5, 0.6) is 0 Å². The van der Waals surface area contributed by atoms with Crippen molar-refractivity contribution in [2.24, 2.45) is 0 Å². The first-order chi connectivity index (χ1) is 16.5. The van der Waals surface area contributed by atoms with E-state index >= 15 is 0 Å². The minimum absolute atomic E-state index is 0.206. The third-order valence-corrected chi connectivity index (χ3v) is 6.37. The standard InChI is InChI=1S/C25H42N2O7/c1-2-3-4-5-6-7-8-9-10-11-12-13-14-15-21(30)34-23-22(31)19(18-28)33-24(23)27-17-16-20(29)26-25(27)32/h16-17,19,22-24,28,31H,2-15,18H2,1H3,(H,26,29,32)/t19-,22-,23-,24-/m1/s1. The number of H-pyrrole nitrogens is 1. The molecule has 194 valence electrons. The lowest BCUT2D eigenvalue weighted by molar-refractivity contribution is -0.159. The lowest BCUT2D eigenvalue weighted by atomic mass is 10.0. The Hall–Kier alpha value is -1.97. The largest absolute Gasteiger partial charge is 0.455 e. The zero-order chi connectivity index (χ0) is 24.8. The molecule has 0 aromatic carbocycles. The molecule has 1 aliphatic heterocycles.